The van der Waals surface area contributed by atoms with Crippen LogP contribution in [0.25, 0.3) is 6.08 Å². The van der Waals surface area contributed by atoms with E-state index in [4.69, 9.17) is 0 Å². The van der Waals surface area contributed by atoms with Gasteiger partial charge in [-0.3, -0.25) is 14.4 Å². The molecule has 0 aromatic heterocycles. The molecule has 1 aliphatic heterocycles. The first-order chi connectivity index (χ1) is 13.6. The average molecular weight is 369 g/mol. The van der Waals surface area contributed by atoms with E-state index in [1.54, 1.807) is 30.3 Å². The van der Waals surface area contributed by atoms with Gasteiger partial charge in [0.2, 0.25) is 11.8 Å². The summed E-state index contributed by atoms with van der Waals surface area (Å²) in [7, 11) is 0. The maximum atomic E-state index is 13.0. The summed E-state index contributed by atoms with van der Waals surface area (Å²) in [4.78, 5) is 39.8. The van der Waals surface area contributed by atoms with Gasteiger partial charge >= 0.3 is 0 Å². The molecule has 5 rings (SSSR count). The molecule has 4 nitrogen and oxygen atoms in total. The number of rotatable bonds is 4. The van der Waals surface area contributed by atoms with Crippen molar-refractivity contribution in [3.8, 4) is 0 Å². The minimum Gasteiger partial charge on any atom is -0.289 e. The lowest BCUT2D eigenvalue weighted by molar-refractivity contribution is -0.123. The van der Waals surface area contributed by atoms with Gasteiger partial charge in [-0.05, 0) is 42.0 Å². The molecular formula is C24H19NO3. The fourth-order valence-corrected chi connectivity index (χ4v) is 4.79. The number of fused-ring (bicyclic) bond motifs is 5. The standard InChI is InChI=1S/C24H19NO3/c26-20(12-9-15-5-2-1-3-6-15)16-7-4-8-19(14-16)25-23(27)21-17-10-11-18(13-17)22(21)24(25)28/h1-12,14,17-18,21-22H,13H2/b12-9+/t17-,18+,21-,22+. The summed E-state index contributed by atoms with van der Waals surface area (Å²) in [5, 5.41) is 0. The van der Waals surface area contributed by atoms with Crippen LogP contribution in [0.5, 0.6) is 0 Å². The Labute approximate surface area is 163 Å². The second kappa shape index (κ2) is 6.41. The minimum atomic E-state index is -0.236. The summed E-state index contributed by atoms with van der Waals surface area (Å²) in [6.45, 7) is 0. The predicted octanol–water partition coefficient (Wildman–Crippen LogP) is 3.89. The Morgan fingerprint density at radius 3 is 2.25 bits per heavy atom. The number of imide groups is 1. The number of hydrogen-bond acceptors (Lipinski definition) is 3. The Balaban J connectivity index is 1.41. The van der Waals surface area contributed by atoms with Crippen LogP contribution in [0.15, 0.2) is 72.8 Å². The maximum Gasteiger partial charge on any atom is 0.238 e. The molecule has 2 fully saturated rings. The van der Waals surface area contributed by atoms with Gasteiger partial charge < -0.3 is 0 Å². The number of allylic oxidation sites excluding steroid dienone is 3. The zero-order valence-electron chi connectivity index (χ0n) is 15.2. The molecule has 138 valence electrons. The summed E-state index contributed by atoms with van der Waals surface area (Å²) < 4.78 is 0. The maximum absolute atomic E-state index is 13.0. The normalized spacial score (nSPS) is 27.8. The van der Waals surface area contributed by atoms with E-state index >= 15 is 0 Å². The summed E-state index contributed by atoms with van der Waals surface area (Å²) in [6.07, 6.45) is 8.34. The minimum absolute atomic E-state index is 0.128. The second-order valence-electron chi connectivity index (χ2n) is 7.67. The molecule has 0 radical (unpaired) electrons. The van der Waals surface area contributed by atoms with E-state index < -0.39 is 0 Å². The fourth-order valence-electron chi connectivity index (χ4n) is 4.79. The lowest BCUT2D eigenvalue weighted by Gasteiger charge is -2.17. The summed E-state index contributed by atoms with van der Waals surface area (Å²) in [5.41, 5.74) is 1.89. The molecule has 3 aliphatic rings. The lowest BCUT2D eigenvalue weighted by Crippen LogP contribution is -2.32. The van der Waals surface area contributed by atoms with Crippen molar-refractivity contribution in [2.45, 2.75) is 6.42 Å². The number of ketones is 1. The number of carbonyl (C=O) groups is 3. The Morgan fingerprint density at radius 1 is 0.893 bits per heavy atom. The monoisotopic (exact) mass is 369 g/mol. The number of nitrogens with zero attached hydrogens (tertiary/aromatic N) is 1. The Morgan fingerprint density at radius 2 is 1.57 bits per heavy atom. The van der Waals surface area contributed by atoms with Crippen LogP contribution < -0.4 is 4.90 Å². The largest absolute Gasteiger partial charge is 0.289 e. The van der Waals surface area contributed by atoms with E-state index in [1.807, 2.05) is 30.3 Å². The van der Waals surface area contributed by atoms with Gasteiger partial charge in [0.25, 0.3) is 0 Å². The molecule has 1 heterocycles. The Hall–Kier alpha value is -3.27. The number of hydrogen-bond donors (Lipinski definition) is 0. The first kappa shape index (κ1) is 16.9. The number of carbonyl (C=O) groups excluding carboxylic acids is 3. The third kappa shape index (κ3) is 2.56. The smallest absolute Gasteiger partial charge is 0.238 e. The molecule has 0 N–H and O–H groups in total. The first-order valence-corrected chi connectivity index (χ1v) is 9.57. The topological polar surface area (TPSA) is 54.5 Å². The van der Waals surface area contributed by atoms with E-state index in [-0.39, 0.29) is 41.3 Å². The number of amides is 2. The molecule has 0 spiro atoms. The fraction of sp³-hybridized carbons (Fsp3) is 0.208. The molecule has 2 amide bonds. The molecule has 2 aliphatic carbocycles. The SMILES string of the molecule is O=C(/C=C/c1ccccc1)c1cccc(N2C(=O)[C@@H]3[C@H](C2=O)[C@@H]2C=C[C@H]3C2)c1. The average Bonchev–Trinajstić information content (AvgIpc) is 3.41. The van der Waals surface area contributed by atoms with Crippen LogP contribution in [0.2, 0.25) is 0 Å². The Kier molecular flexibility index (Phi) is 3.86. The van der Waals surface area contributed by atoms with Crippen molar-refractivity contribution < 1.29 is 14.4 Å². The molecule has 2 aromatic carbocycles. The van der Waals surface area contributed by atoms with Crippen molar-refractivity contribution in [1.82, 2.24) is 0 Å². The number of benzene rings is 2. The second-order valence-corrected chi connectivity index (χ2v) is 7.67. The van der Waals surface area contributed by atoms with E-state index in [9.17, 15) is 14.4 Å². The van der Waals surface area contributed by atoms with Crippen molar-refractivity contribution in [3.63, 3.8) is 0 Å². The molecule has 4 atom stereocenters. The molecule has 1 saturated heterocycles. The van der Waals surface area contributed by atoms with Crippen molar-refractivity contribution in [1.29, 1.82) is 0 Å². The zero-order chi connectivity index (χ0) is 19.3. The first-order valence-electron chi connectivity index (χ1n) is 9.57. The molecule has 2 bridgehead atoms. The van der Waals surface area contributed by atoms with Gasteiger partial charge in [-0.15, -0.1) is 0 Å². The third-order valence-electron chi connectivity index (χ3n) is 6.09. The molecule has 4 heteroatoms. The molecule has 2 aromatic rings. The van der Waals surface area contributed by atoms with Crippen LogP contribution in [0, 0.1) is 23.7 Å². The van der Waals surface area contributed by atoms with E-state index in [1.165, 1.54) is 11.0 Å². The lowest BCUT2D eigenvalue weighted by atomic mass is 9.85. The molecule has 1 saturated carbocycles. The highest BCUT2D eigenvalue weighted by Gasteiger charge is 2.59. The van der Waals surface area contributed by atoms with Gasteiger partial charge in [0.05, 0.1) is 17.5 Å². The van der Waals surface area contributed by atoms with Crippen LogP contribution >= 0.6 is 0 Å². The number of anilines is 1. The third-order valence-corrected chi connectivity index (χ3v) is 6.09. The van der Waals surface area contributed by atoms with Crippen LogP contribution in [0.4, 0.5) is 5.69 Å². The highest BCUT2D eigenvalue weighted by molar-refractivity contribution is 6.23. The molecular weight excluding hydrogens is 350 g/mol. The van der Waals surface area contributed by atoms with Gasteiger partial charge in [-0.2, -0.15) is 0 Å². The highest BCUT2D eigenvalue weighted by atomic mass is 16.2. The quantitative estimate of drug-likeness (QED) is 0.356. The van der Waals surface area contributed by atoms with Crippen LogP contribution in [-0.4, -0.2) is 17.6 Å². The van der Waals surface area contributed by atoms with Crippen molar-refractivity contribution in [2.24, 2.45) is 23.7 Å². The van der Waals surface area contributed by atoms with Gasteiger partial charge in [-0.1, -0.05) is 60.7 Å². The molecule has 0 unspecified atom stereocenters. The van der Waals surface area contributed by atoms with Crippen molar-refractivity contribution >= 4 is 29.4 Å². The van der Waals surface area contributed by atoms with Gasteiger partial charge in [0.15, 0.2) is 5.78 Å². The van der Waals surface area contributed by atoms with Crippen molar-refractivity contribution in [3.05, 3.63) is 84.0 Å². The van der Waals surface area contributed by atoms with Crippen LogP contribution in [0.1, 0.15) is 22.3 Å². The van der Waals surface area contributed by atoms with Crippen LogP contribution in [-0.2, 0) is 9.59 Å². The van der Waals surface area contributed by atoms with Gasteiger partial charge in [-0.25, -0.2) is 4.90 Å². The zero-order valence-corrected chi connectivity index (χ0v) is 15.2. The van der Waals surface area contributed by atoms with Crippen molar-refractivity contribution in [2.75, 3.05) is 4.90 Å². The van der Waals surface area contributed by atoms with Gasteiger partial charge in [0, 0.05) is 5.56 Å². The van der Waals surface area contributed by atoms with E-state index in [2.05, 4.69) is 12.2 Å². The van der Waals surface area contributed by atoms with Crippen LogP contribution in [0.3, 0.4) is 0 Å². The molecule has 28 heavy (non-hydrogen) atoms. The summed E-state index contributed by atoms with van der Waals surface area (Å²) in [5.74, 6) is -0.538. The predicted molar refractivity (Wildman–Crippen MR) is 106 cm³/mol. The summed E-state index contributed by atoms with van der Waals surface area (Å²) in [6, 6.07) is 16.4. The van der Waals surface area contributed by atoms with E-state index in [0.717, 1.165) is 12.0 Å². The highest BCUT2D eigenvalue weighted by Crippen LogP contribution is 2.53. The van der Waals surface area contributed by atoms with Gasteiger partial charge in [0.1, 0.15) is 0 Å². The Bertz CT molecular complexity index is 1010. The van der Waals surface area contributed by atoms with E-state index in [0.29, 0.717) is 11.3 Å². The summed E-state index contributed by atoms with van der Waals surface area (Å²) >= 11 is 0.